The monoisotopic (exact) mass is 180 g/mol. The molecule has 72 valence electrons. The fourth-order valence-corrected chi connectivity index (χ4v) is 1.30. The molecule has 0 aromatic heterocycles. The molecule has 1 heterocycles. The zero-order chi connectivity index (χ0) is 9.52. The number of hydrogen-bond acceptors (Lipinski definition) is 1. The van der Waals surface area contributed by atoms with Crippen LogP contribution in [0.4, 0.5) is 4.79 Å². The van der Waals surface area contributed by atoms with Gasteiger partial charge in [0.25, 0.3) is 0 Å². The van der Waals surface area contributed by atoms with E-state index in [0.29, 0.717) is 0 Å². The van der Waals surface area contributed by atoms with Gasteiger partial charge >= 0.3 is 6.03 Å². The standard InChI is InChI=1S/C10H16N2O/c1-2-3-4-7-11-10(13)12-8-5-6-9-12/h2-4,7H,5-6,8-9H2,1H3,(H,11,13)/b3-2+,7-4+. The van der Waals surface area contributed by atoms with E-state index in [0.717, 1.165) is 25.9 Å². The van der Waals surface area contributed by atoms with Crippen LogP contribution in [0.15, 0.2) is 24.4 Å². The van der Waals surface area contributed by atoms with Gasteiger partial charge in [-0.1, -0.05) is 12.2 Å². The predicted octanol–water partition coefficient (Wildman–Crippen LogP) is 1.88. The Morgan fingerprint density at radius 3 is 2.62 bits per heavy atom. The molecule has 0 atom stereocenters. The van der Waals surface area contributed by atoms with E-state index >= 15 is 0 Å². The zero-order valence-electron chi connectivity index (χ0n) is 7.99. The van der Waals surface area contributed by atoms with E-state index in [1.807, 2.05) is 30.1 Å². The van der Waals surface area contributed by atoms with Crippen LogP contribution in [0, 0.1) is 0 Å². The van der Waals surface area contributed by atoms with Gasteiger partial charge in [0, 0.05) is 19.3 Å². The van der Waals surface area contributed by atoms with Crippen molar-refractivity contribution in [2.75, 3.05) is 13.1 Å². The maximum atomic E-state index is 11.3. The van der Waals surface area contributed by atoms with E-state index in [1.165, 1.54) is 0 Å². The molecule has 0 bridgehead atoms. The van der Waals surface area contributed by atoms with Crippen molar-refractivity contribution in [2.24, 2.45) is 0 Å². The number of hydrogen-bond donors (Lipinski definition) is 1. The van der Waals surface area contributed by atoms with Crippen LogP contribution >= 0.6 is 0 Å². The van der Waals surface area contributed by atoms with Gasteiger partial charge < -0.3 is 10.2 Å². The highest BCUT2D eigenvalue weighted by Gasteiger charge is 2.15. The quantitative estimate of drug-likeness (QED) is 0.646. The number of carbonyl (C=O) groups is 1. The lowest BCUT2D eigenvalue weighted by Crippen LogP contribution is -2.34. The molecule has 0 unspecified atom stereocenters. The zero-order valence-corrected chi connectivity index (χ0v) is 7.99. The molecule has 1 saturated heterocycles. The molecule has 1 aliphatic rings. The van der Waals surface area contributed by atoms with E-state index in [-0.39, 0.29) is 6.03 Å². The molecule has 1 N–H and O–H groups in total. The van der Waals surface area contributed by atoms with Gasteiger partial charge in [-0.25, -0.2) is 4.79 Å². The summed E-state index contributed by atoms with van der Waals surface area (Å²) in [5, 5.41) is 2.71. The van der Waals surface area contributed by atoms with E-state index in [2.05, 4.69) is 5.32 Å². The van der Waals surface area contributed by atoms with Gasteiger partial charge in [-0.05, 0) is 25.8 Å². The van der Waals surface area contributed by atoms with Gasteiger partial charge in [-0.2, -0.15) is 0 Å². The third kappa shape index (κ3) is 3.32. The Labute approximate surface area is 79.1 Å². The first-order valence-corrected chi connectivity index (χ1v) is 4.68. The second-order valence-corrected chi connectivity index (χ2v) is 3.03. The van der Waals surface area contributed by atoms with Crippen LogP contribution < -0.4 is 5.32 Å². The van der Waals surface area contributed by atoms with Crippen LogP contribution in [0.3, 0.4) is 0 Å². The van der Waals surface area contributed by atoms with Crippen LogP contribution in [0.1, 0.15) is 19.8 Å². The smallest absolute Gasteiger partial charge is 0.321 e. The van der Waals surface area contributed by atoms with Gasteiger partial charge in [0.1, 0.15) is 0 Å². The maximum absolute atomic E-state index is 11.3. The second kappa shape index (κ2) is 5.41. The third-order valence-corrected chi connectivity index (χ3v) is 2.00. The topological polar surface area (TPSA) is 32.3 Å². The first kappa shape index (κ1) is 9.84. The molecular weight excluding hydrogens is 164 g/mol. The van der Waals surface area contributed by atoms with Crippen LogP contribution in [0.2, 0.25) is 0 Å². The van der Waals surface area contributed by atoms with Crippen molar-refractivity contribution in [1.29, 1.82) is 0 Å². The fraction of sp³-hybridized carbons (Fsp3) is 0.500. The summed E-state index contributed by atoms with van der Waals surface area (Å²) in [4.78, 5) is 13.2. The average Bonchev–Trinajstić information content (AvgIpc) is 2.65. The lowest BCUT2D eigenvalue weighted by Gasteiger charge is -2.13. The SMILES string of the molecule is C/C=C/C=C/NC(=O)N1CCCC1. The van der Waals surface area contributed by atoms with Crippen molar-refractivity contribution in [3.05, 3.63) is 24.4 Å². The summed E-state index contributed by atoms with van der Waals surface area (Å²) in [7, 11) is 0. The lowest BCUT2D eigenvalue weighted by atomic mass is 10.4. The molecule has 1 fully saturated rings. The Morgan fingerprint density at radius 1 is 1.31 bits per heavy atom. The van der Waals surface area contributed by atoms with Crippen molar-refractivity contribution in [2.45, 2.75) is 19.8 Å². The number of likely N-dealkylation sites (tertiary alicyclic amines) is 1. The van der Waals surface area contributed by atoms with Gasteiger partial charge in [-0.15, -0.1) is 0 Å². The van der Waals surface area contributed by atoms with Gasteiger partial charge in [0.2, 0.25) is 0 Å². The van der Waals surface area contributed by atoms with Crippen LogP contribution in [0.25, 0.3) is 0 Å². The summed E-state index contributed by atoms with van der Waals surface area (Å²) in [5.74, 6) is 0. The largest absolute Gasteiger partial charge is 0.325 e. The van der Waals surface area contributed by atoms with Crippen molar-refractivity contribution < 1.29 is 4.79 Å². The van der Waals surface area contributed by atoms with Crippen LogP contribution in [-0.4, -0.2) is 24.0 Å². The molecule has 0 saturated carbocycles. The number of nitrogens with one attached hydrogen (secondary N) is 1. The van der Waals surface area contributed by atoms with Crippen molar-refractivity contribution in [3.8, 4) is 0 Å². The molecule has 3 nitrogen and oxygen atoms in total. The molecule has 0 spiro atoms. The highest BCUT2D eigenvalue weighted by molar-refractivity contribution is 5.75. The highest BCUT2D eigenvalue weighted by Crippen LogP contribution is 2.06. The Kier molecular flexibility index (Phi) is 4.09. The molecule has 0 aromatic carbocycles. The number of rotatable bonds is 2. The summed E-state index contributed by atoms with van der Waals surface area (Å²) >= 11 is 0. The van der Waals surface area contributed by atoms with E-state index in [1.54, 1.807) is 6.20 Å². The molecular formula is C10H16N2O. The summed E-state index contributed by atoms with van der Waals surface area (Å²) in [5.41, 5.74) is 0. The minimum Gasteiger partial charge on any atom is -0.325 e. The highest BCUT2D eigenvalue weighted by atomic mass is 16.2. The van der Waals surface area contributed by atoms with Crippen LogP contribution in [-0.2, 0) is 0 Å². The molecule has 3 heteroatoms. The lowest BCUT2D eigenvalue weighted by molar-refractivity contribution is 0.212. The Balaban J connectivity index is 2.24. The minimum absolute atomic E-state index is 0.0123. The van der Waals surface area contributed by atoms with E-state index in [4.69, 9.17) is 0 Å². The molecule has 1 aliphatic heterocycles. The second-order valence-electron chi connectivity index (χ2n) is 3.03. The fourth-order valence-electron chi connectivity index (χ4n) is 1.30. The Hall–Kier alpha value is -1.25. The predicted molar refractivity (Wildman–Crippen MR) is 53.3 cm³/mol. The number of carbonyl (C=O) groups excluding carboxylic acids is 1. The molecule has 0 aromatic rings. The van der Waals surface area contributed by atoms with Crippen LogP contribution in [0.5, 0.6) is 0 Å². The van der Waals surface area contributed by atoms with Crippen molar-refractivity contribution in [3.63, 3.8) is 0 Å². The molecule has 2 amide bonds. The Bertz CT molecular complexity index is 215. The molecule has 1 rings (SSSR count). The minimum atomic E-state index is 0.0123. The van der Waals surface area contributed by atoms with Crippen molar-refractivity contribution in [1.82, 2.24) is 10.2 Å². The van der Waals surface area contributed by atoms with Crippen molar-refractivity contribution >= 4 is 6.03 Å². The number of nitrogens with zero attached hydrogens (tertiary/aromatic N) is 1. The Morgan fingerprint density at radius 2 is 2.00 bits per heavy atom. The number of allylic oxidation sites excluding steroid dienone is 3. The average molecular weight is 180 g/mol. The third-order valence-electron chi connectivity index (χ3n) is 2.00. The molecule has 13 heavy (non-hydrogen) atoms. The summed E-state index contributed by atoms with van der Waals surface area (Å²) in [6.07, 6.45) is 9.54. The normalized spacial score (nSPS) is 17.5. The number of urea groups is 1. The van der Waals surface area contributed by atoms with Gasteiger partial charge in [0.05, 0.1) is 0 Å². The number of amides is 2. The van der Waals surface area contributed by atoms with Gasteiger partial charge in [-0.3, -0.25) is 0 Å². The van der Waals surface area contributed by atoms with E-state index in [9.17, 15) is 4.79 Å². The summed E-state index contributed by atoms with van der Waals surface area (Å²) in [6.45, 7) is 3.72. The first-order chi connectivity index (χ1) is 6.34. The van der Waals surface area contributed by atoms with E-state index < -0.39 is 0 Å². The molecule has 0 radical (unpaired) electrons. The summed E-state index contributed by atoms with van der Waals surface area (Å²) in [6, 6.07) is 0.0123. The molecule has 0 aliphatic carbocycles. The summed E-state index contributed by atoms with van der Waals surface area (Å²) < 4.78 is 0. The first-order valence-electron chi connectivity index (χ1n) is 4.68. The van der Waals surface area contributed by atoms with Gasteiger partial charge in [0.15, 0.2) is 0 Å². The maximum Gasteiger partial charge on any atom is 0.321 e.